The van der Waals surface area contributed by atoms with E-state index in [1.54, 1.807) is 0 Å². The number of carbonyl (C=O) groups excluding carboxylic acids is 2. The Morgan fingerprint density at radius 3 is 2.64 bits per heavy atom. The molecule has 3 rings (SSSR count). The number of thioether (sulfide) groups is 1. The lowest BCUT2D eigenvalue weighted by Crippen LogP contribution is -2.23. The quantitative estimate of drug-likeness (QED) is 0.620. The predicted octanol–water partition coefficient (Wildman–Crippen LogP) is 4.45. The third-order valence-electron chi connectivity index (χ3n) is 4.25. The van der Waals surface area contributed by atoms with Gasteiger partial charge in [-0.2, -0.15) is 0 Å². The van der Waals surface area contributed by atoms with Gasteiger partial charge in [-0.05, 0) is 50.8 Å². The van der Waals surface area contributed by atoms with E-state index in [9.17, 15) is 9.59 Å². The maximum atomic E-state index is 12.6. The topological polar surface area (TPSA) is 55.4 Å². The van der Waals surface area contributed by atoms with E-state index in [2.05, 4.69) is 5.32 Å². The van der Waals surface area contributed by atoms with E-state index in [1.165, 1.54) is 40.6 Å². The second-order valence-corrected chi connectivity index (χ2v) is 8.63. The zero-order chi connectivity index (χ0) is 18.0. The van der Waals surface area contributed by atoms with Crippen LogP contribution < -0.4 is 5.32 Å². The van der Waals surface area contributed by atoms with Crippen LogP contribution in [0.25, 0.3) is 0 Å². The van der Waals surface area contributed by atoms with Crippen LogP contribution in [-0.2, 0) is 22.4 Å². The van der Waals surface area contributed by atoms with E-state index in [0.717, 1.165) is 29.7 Å². The number of amides is 1. The Hall–Kier alpha value is -1.79. The van der Waals surface area contributed by atoms with Crippen molar-refractivity contribution >= 4 is 40.0 Å². The van der Waals surface area contributed by atoms with Gasteiger partial charge >= 0.3 is 5.97 Å². The van der Waals surface area contributed by atoms with Crippen molar-refractivity contribution in [2.75, 3.05) is 12.4 Å². The van der Waals surface area contributed by atoms with Gasteiger partial charge in [0.25, 0.3) is 0 Å². The van der Waals surface area contributed by atoms with E-state index in [-0.39, 0.29) is 17.1 Å². The highest BCUT2D eigenvalue weighted by Crippen LogP contribution is 2.39. The number of aryl methyl sites for hydroxylation is 2. The smallest absolute Gasteiger partial charge is 0.341 e. The van der Waals surface area contributed by atoms with Crippen molar-refractivity contribution in [2.24, 2.45) is 0 Å². The lowest BCUT2D eigenvalue weighted by Gasteiger charge is -2.12. The summed E-state index contributed by atoms with van der Waals surface area (Å²) in [4.78, 5) is 27.0. The van der Waals surface area contributed by atoms with Gasteiger partial charge in [0.15, 0.2) is 0 Å². The summed E-state index contributed by atoms with van der Waals surface area (Å²) in [5, 5.41) is 3.31. The van der Waals surface area contributed by atoms with Gasteiger partial charge in [0.1, 0.15) is 5.00 Å². The lowest BCUT2D eigenvalue weighted by atomic mass is 10.1. The SMILES string of the molecule is COC(=O)c1c(NC(=O)[C@@H](C)Sc2ccc(C)cc2)sc2c1CCC2. The molecule has 1 aliphatic rings. The standard InChI is InChI=1S/C19H21NO3S2/c1-11-7-9-13(10-8-11)24-12(2)17(21)20-18-16(19(22)23-3)14-5-4-6-15(14)25-18/h7-10,12H,4-6H2,1-3H3,(H,20,21)/t12-/m1/s1. The first-order valence-corrected chi connectivity index (χ1v) is 9.96. The van der Waals surface area contributed by atoms with Gasteiger partial charge in [-0.25, -0.2) is 4.79 Å². The number of fused-ring (bicyclic) bond motifs is 1. The van der Waals surface area contributed by atoms with Gasteiger partial charge < -0.3 is 10.1 Å². The molecule has 0 radical (unpaired) electrons. The summed E-state index contributed by atoms with van der Waals surface area (Å²) in [6.07, 6.45) is 2.90. The Labute approximate surface area is 156 Å². The number of esters is 1. The fraction of sp³-hybridized carbons (Fsp3) is 0.368. The van der Waals surface area contributed by atoms with Crippen LogP contribution in [-0.4, -0.2) is 24.2 Å². The fourth-order valence-electron chi connectivity index (χ4n) is 2.90. The zero-order valence-corrected chi connectivity index (χ0v) is 16.2. The van der Waals surface area contributed by atoms with Gasteiger partial charge in [-0.3, -0.25) is 4.79 Å². The normalized spacial score (nSPS) is 14.0. The molecular weight excluding hydrogens is 354 g/mol. The second kappa shape index (κ2) is 7.62. The number of anilines is 1. The molecule has 1 atom stereocenters. The Kier molecular flexibility index (Phi) is 5.49. The molecule has 0 bridgehead atoms. The molecule has 1 aliphatic carbocycles. The first-order chi connectivity index (χ1) is 12.0. The monoisotopic (exact) mass is 375 g/mol. The number of rotatable bonds is 5. The van der Waals surface area contributed by atoms with E-state index in [4.69, 9.17) is 4.74 Å². The van der Waals surface area contributed by atoms with Crippen LogP contribution in [0, 0.1) is 6.92 Å². The molecule has 2 aromatic rings. The second-order valence-electron chi connectivity index (χ2n) is 6.12. The van der Waals surface area contributed by atoms with Crippen molar-refractivity contribution in [3.05, 3.63) is 45.8 Å². The van der Waals surface area contributed by atoms with E-state index in [0.29, 0.717) is 10.6 Å². The van der Waals surface area contributed by atoms with Crippen LogP contribution >= 0.6 is 23.1 Å². The fourth-order valence-corrected chi connectivity index (χ4v) is 5.05. The third-order valence-corrected chi connectivity index (χ3v) is 6.57. The lowest BCUT2D eigenvalue weighted by molar-refractivity contribution is -0.115. The van der Waals surface area contributed by atoms with Gasteiger partial charge in [0, 0.05) is 9.77 Å². The Balaban J connectivity index is 1.74. The number of hydrogen-bond donors (Lipinski definition) is 1. The van der Waals surface area contributed by atoms with Gasteiger partial charge in [-0.1, -0.05) is 17.7 Å². The summed E-state index contributed by atoms with van der Waals surface area (Å²) in [5.74, 6) is -0.468. The molecule has 1 aromatic heterocycles. The summed E-state index contributed by atoms with van der Waals surface area (Å²) in [5.41, 5.74) is 2.78. The number of hydrogen-bond acceptors (Lipinski definition) is 5. The average molecular weight is 376 g/mol. The van der Waals surface area contributed by atoms with Crippen molar-refractivity contribution in [3.63, 3.8) is 0 Å². The molecule has 132 valence electrons. The highest BCUT2D eigenvalue weighted by atomic mass is 32.2. The molecule has 6 heteroatoms. The molecule has 1 amide bonds. The minimum Gasteiger partial charge on any atom is -0.465 e. The van der Waals surface area contributed by atoms with Crippen molar-refractivity contribution in [3.8, 4) is 0 Å². The summed E-state index contributed by atoms with van der Waals surface area (Å²) < 4.78 is 4.92. The van der Waals surface area contributed by atoms with Crippen molar-refractivity contribution in [1.29, 1.82) is 0 Å². The molecule has 0 unspecified atom stereocenters. The van der Waals surface area contributed by atoms with E-state index in [1.807, 2.05) is 38.1 Å². The molecule has 1 heterocycles. The van der Waals surface area contributed by atoms with Crippen LogP contribution in [0.3, 0.4) is 0 Å². The highest BCUT2D eigenvalue weighted by molar-refractivity contribution is 8.00. The van der Waals surface area contributed by atoms with Crippen LogP contribution in [0.4, 0.5) is 5.00 Å². The summed E-state index contributed by atoms with van der Waals surface area (Å²) in [6.45, 7) is 3.91. The molecule has 4 nitrogen and oxygen atoms in total. The molecule has 25 heavy (non-hydrogen) atoms. The van der Waals surface area contributed by atoms with Gasteiger partial charge in [0.05, 0.1) is 17.9 Å². The maximum absolute atomic E-state index is 12.6. The molecule has 0 spiro atoms. The molecule has 0 saturated carbocycles. The van der Waals surface area contributed by atoms with Crippen molar-refractivity contribution < 1.29 is 14.3 Å². The summed E-state index contributed by atoms with van der Waals surface area (Å²) in [7, 11) is 1.38. The zero-order valence-electron chi connectivity index (χ0n) is 14.5. The van der Waals surface area contributed by atoms with Crippen molar-refractivity contribution in [1.82, 2.24) is 0 Å². The van der Waals surface area contributed by atoms with Crippen molar-refractivity contribution in [2.45, 2.75) is 43.3 Å². The molecular formula is C19H21NO3S2. The Morgan fingerprint density at radius 1 is 1.24 bits per heavy atom. The maximum Gasteiger partial charge on any atom is 0.341 e. The third kappa shape index (κ3) is 3.90. The number of methoxy groups -OCH3 is 1. The largest absolute Gasteiger partial charge is 0.465 e. The highest BCUT2D eigenvalue weighted by Gasteiger charge is 2.28. The number of benzene rings is 1. The van der Waals surface area contributed by atoms with Gasteiger partial charge in [0.2, 0.25) is 5.91 Å². The van der Waals surface area contributed by atoms with Crippen LogP contribution in [0.2, 0.25) is 0 Å². The Morgan fingerprint density at radius 2 is 1.96 bits per heavy atom. The molecule has 0 aliphatic heterocycles. The minimum absolute atomic E-state index is 0.101. The molecule has 1 aromatic carbocycles. The Bertz CT molecular complexity index is 796. The van der Waals surface area contributed by atoms with Crippen LogP contribution in [0.1, 0.15) is 39.7 Å². The summed E-state index contributed by atoms with van der Waals surface area (Å²) >= 11 is 3.01. The molecule has 0 saturated heterocycles. The minimum atomic E-state index is -0.367. The van der Waals surface area contributed by atoms with E-state index < -0.39 is 0 Å². The summed E-state index contributed by atoms with van der Waals surface area (Å²) in [6, 6.07) is 8.10. The predicted molar refractivity (Wildman–Crippen MR) is 103 cm³/mol. The molecule has 0 fully saturated rings. The first-order valence-electron chi connectivity index (χ1n) is 8.26. The number of carbonyl (C=O) groups is 2. The first kappa shape index (κ1) is 18.0. The van der Waals surface area contributed by atoms with Crippen LogP contribution in [0.5, 0.6) is 0 Å². The average Bonchev–Trinajstić information content (AvgIpc) is 3.16. The van der Waals surface area contributed by atoms with Crippen LogP contribution in [0.15, 0.2) is 29.2 Å². The van der Waals surface area contributed by atoms with E-state index >= 15 is 0 Å². The number of thiophene rings is 1. The van der Waals surface area contributed by atoms with Gasteiger partial charge in [-0.15, -0.1) is 23.1 Å². The molecule has 1 N–H and O–H groups in total. The number of ether oxygens (including phenoxy) is 1. The number of nitrogens with one attached hydrogen (secondary N) is 1.